The fraction of sp³-hybridized carbons (Fsp3) is 0.348. The highest BCUT2D eigenvalue weighted by atomic mass is 35.5. The summed E-state index contributed by atoms with van der Waals surface area (Å²) in [4.78, 5) is 11.8. The molecule has 0 aliphatic heterocycles. The molecule has 5 heteroatoms. The maximum Gasteiger partial charge on any atom is 0.120 e. The van der Waals surface area contributed by atoms with Crippen LogP contribution in [0.5, 0.6) is 0 Å². The van der Waals surface area contributed by atoms with Gasteiger partial charge in [-0.2, -0.15) is 0 Å². The van der Waals surface area contributed by atoms with Crippen LogP contribution >= 0.6 is 11.6 Å². The molecule has 0 saturated heterocycles. The highest BCUT2D eigenvalue weighted by molar-refractivity contribution is 6.31. The largest absolute Gasteiger partial charge is 0.303 e. The number of carbonyl (C=O) groups is 1. The van der Waals surface area contributed by atoms with Gasteiger partial charge in [0.2, 0.25) is 0 Å². The lowest BCUT2D eigenvalue weighted by atomic mass is 9.79. The van der Waals surface area contributed by atoms with Crippen molar-refractivity contribution >= 4 is 17.9 Å². The zero-order chi connectivity index (χ0) is 20.5. The molecule has 28 heavy (non-hydrogen) atoms. The topological polar surface area (TPSA) is 47.8 Å². The van der Waals surface area contributed by atoms with Gasteiger partial charge >= 0.3 is 0 Å². The lowest BCUT2D eigenvalue weighted by molar-refractivity contribution is -0.108. The molecule has 0 radical (unpaired) electrons. The summed E-state index contributed by atoms with van der Waals surface area (Å²) < 4.78 is 9.33. The van der Waals surface area contributed by atoms with Gasteiger partial charge in [-0.3, -0.25) is 4.68 Å². The fourth-order valence-electron chi connectivity index (χ4n) is 4.43. The van der Waals surface area contributed by atoms with Crippen molar-refractivity contribution in [3.05, 3.63) is 70.0 Å². The molecule has 144 valence electrons. The first kappa shape index (κ1) is 17.6. The number of aryl methyl sites for hydroxylation is 3. The first-order valence-electron chi connectivity index (χ1n) is 10.2. The molecule has 0 fully saturated rings. The monoisotopic (exact) mass is 394 g/mol. The Labute approximate surface area is 171 Å². The van der Waals surface area contributed by atoms with Crippen molar-refractivity contribution in [2.45, 2.75) is 38.5 Å². The van der Waals surface area contributed by atoms with Crippen LogP contribution in [0, 0.1) is 12.8 Å². The summed E-state index contributed by atoms with van der Waals surface area (Å²) >= 11 is 6.30. The molecule has 4 nitrogen and oxygen atoms in total. The second kappa shape index (κ2) is 7.88. The summed E-state index contributed by atoms with van der Waals surface area (Å²) in [5.41, 5.74) is 6.95. The number of aromatic nitrogens is 3. The van der Waals surface area contributed by atoms with E-state index >= 15 is 0 Å². The van der Waals surface area contributed by atoms with Crippen LogP contribution in [0.1, 0.15) is 48.9 Å². The molecule has 4 rings (SSSR count). The molecular weight excluding hydrogens is 370 g/mol. The number of fused-ring (bicyclic) bond motifs is 3. The van der Waals surface area contributed by atoms with E-state index in [9.17, 15) is 4.79 Å². The van der Waals surface area contributed by atoms with E-state index in [-0.39, 0.29) is 18.3 Å². The molecule has 3 aromatic rings. The van der Waals surface area contributed by atoms with Gasteiger partial charge in [0.05, 0.1) is 5.69 Å². The van der Waals surface area contributed by atoms with Crippen molar-refractivity contribution in [1.29, 1.82) is 0 Å². The van der Waals surface area contributed by atoms with Crippen molar-refractivity contribution in [2.75, 3.05) is 0 Å². The summed E-state index contributed by atoms with van der Waals surface area (Å²) in [5.74, 6) is 0.176. The van der Waals surface area contributed by atoms with Gasteiger partial charge in [0.15, 0.2) is 0 Å². The number of carbonyl (C=O) groups excluding carboxylic acids is 1. The highest BCUT2D eigenvalue weighted by Crippen LogP contribution is 2.50. The van der Waals surface area contributed by atoms with Crippen LogP contribution < -0.4 is 0 Å². The maximum absolute atomic E-state index is 11.8. The Hall–Kier alpha value is -2.46. The molecule has 1 aromatic heterocycles. The number of rotatable bonds is 7. The number of aldehydes is 1. The number of hydrogen-bond donors (Lipinski definition) is 0. The van der Waals surface area contributed by atoms with E-state index in [1.54, 1.807) is 4.68 Å². The smallest absolute Gasteiger partial charge is 0.120 e. The SMILES string of the molecule is [2H]C(=O)CC(CCCc1cn(C)nn1)C1c2ccc(C)cc2-c2cc(Cl)ccc21. The van der Waals surface area contributed by atoms with Gasteiger partial charge in [0.1, 0.15) is 7.63 Å². The van der Waals surface area contributed by atoms with Crippen LogP contribution in [-0.2, 0) is 18.3 Å². The minimum Gasteiger partial charge on any atom is -0.303 e. The third-order valence-corrected chi connectivity index (χ3v) is 5.89. The molecule has 0 N–H and O–H groups in total. The molecule has 2 unspecified atom stereocenters. The third kappa shape index (κ3) is 3.61. The summed E-state index contributed by atoms with van der Waals surface area (Å²) in [6.07, 6.45) is 4.23. The minimum atomic E-state index is -0.509. The summed E-state index contributed by atoms with van der Waals surface area (Å²) in [5, 5.41) is 8.86. The fourth-order valence-corrected chi connectivity index (χ4v) is 4.60. The van der Waals surface area contributed by atoms with Crippen LogP contribution in [0.3, 0.4) is 0 Å². The van der Waals surface area contributed by atoms with E-state index in [1.165, 1.54) is 22.3 Å². The van der Waals surface area contributed by atoms with Crippen LogP contribution in [0.4, 0.5) is 0 Å². The number of hydrogen-bond acceptors (Lipinski definition) is 3. The molecular formula is C23H24ClN3O. The van der Waals surface area contributed by atoms with Gasteiger partial charge in [0, 0.05) is 30.6 Å². The van der Waals surface area contributed by atoms with Crippen molar-refractivity contribution in [3.8, 4) is 11.1 Å². The zero-order valence-electron chi connectivity index (χ0n) is 17.2. The van der Waals surface area contributed by atoms with Crippen LogP contribution in [-0.4, -0.2) is 21.3 Å². The van der Waals surface area contributed by atoms with E-state index in [1.807, 2.05) is 25.4 Å². The Bertz CT molecular complexity index is 1010. The summed E-state index contributed by atoms with van der Waals surface area (Å²) in [6, 6.07) is 12.5. The Morgan fingerprint density at radius 3 is 2.71 bits per heavy atom. The van der Waals surface area contributed by atoms with E-state index in [4.69, 9.17) is 13.0 Å². The van der Waals surface area contributed by atoms with Gasteiger partial charge in [0.25, 0.3) is 0 Å². The first-order chi connectivity index (χ1) is 13.9. The molecule has 2 aromatic carbocycles. The molecule has 0 amide bonds. The normalized spacial score (nSPS) is 16.4. The predicted molar refractivity (Wildman–Crippen MR) is 112 cm³/mol. The molecule has 1 aliphatic rings. The van der Waals surface area contributed by atoms with Gasteiger partial charge in [-0.25, -0.2) is 0 Å². The van der Waals surface area contributed by atoms with Gasteiger partial charge in [-0.15, -0.1) is 5.10 Å². The summed E-state index contributed by atoms with van der Waals surface area (Å²) in [7, 11) is 1.86. The standard InChI is InChI=1S/C23H24ClN3O/c1-15-6-8-19-21(12-15)22-13-17(24)7-9-20(22)23(19)16(10-11-28)4-3-5-18-14-27(2)26-25-18/h6-9,11-14,16,23H,3-5,10H2,1-2H3/i11D. The van der Waals surface area contributed by atoms with Crippen LogP contribution in [0.25, 0.3) is 11.1 Å². The van der Waals surface area contributed by atoms with Gasteiger partial charge < -0.3 is 4.79 Å². The average molecular weight is 395 g/mol. The van der Waals surface area contributed by atoms with Gasteiger partial charge in [-0.05, 0) is 66.5 Å². The minimum absolute atomic E-state index is 0.0700. The zero-order valence-corrected chi connectivity index (χ0v) is 16.9. The Morgan fingerprint density at radius 1 is 1.25 bits per heavy atom. The number of nitrogens with zero attached hydrogens (tertiary/aromatic N) is 3. The first-order valence-corrected chi connectivity index (χ1v) is 10.0. The van der Waals surface area contributed by atoms with E-state index in [0.29, 0.717) is 5.02 Å². The third-order valence-electron chi connectivity index (χ3n) is 5.66. The maximum atomic E-state index is 11.8. The second-order valence-electron chi connectivity index (χ2n) is 7.68. The molecule has 0 spiro atoms. The number of halogens is 1. The lowest BCUT2D eigenvalue weighted by Crippen LogP contribution is -2.14. The Morgan fingerprint density at radius 2 is 2.00 bits per heavy atom. The van der Waals surface area contributed by atoms with Crippen molar-refractivity contribution in [1.82, 2.24) is 15.0 Å². The van der Waals surface area contributed by atoms with Crippen molar-refractivity contribution in [2.24, 2.45) is 13.0 Å². The molecule has 0 saturated carbocycles. The number of benzene rings is 2. The van der Waals surface area contributed by atoms with Crippen LogP contribution in [0.2, 0.25) is 5.02 Å². The molecule has 0 bridgehead atoms. The summed E-state index contributed by atoms with van der Waals surface area (Å²) in [6.45, 7) is 2.09. The second-order valence-corrected chi connectivity index (χ2v) is 8.12. The predicted octanol–water partition coefficient (Wildman–Crippen LogP) is 5.12. The molecule has 1 heterocycles. The quantitative estimate of drug-likeness (QED) is 0.522. The van der Waals surface area contributed by atoms with E-state index < -0.39 is 6.26 Å². The van der Waals surface area contributed by atoms with E-state index in [0.717, 1.165) is 30.5 Å². The Kier molecular flexibility index (Phi) is 4.96. The average Bonchev–Trinajstić information content (AvgIpc) is 3.21. The van der Waals surface area contributed by atoms with Crippen molar-refractivity contribution < 1.29 is 6.17 Å². The highest BCUT2D eigenvalue weighted by Gasteiger charge is 2.34. The van der Waals surface area contributed by atoms with Crippen molar-refractivity contribution in [3.63, 3.8) is 0 Å². The van der Waals surface area contributed by atoms with Gasteiger partial charge in [-0.1, -0.05) is 46.6 Å². The molecule has 1 aliphatic carbocycles. The van der Waals surface area contributed by atoms with Crippen LogP contribution in [0.15, 0.2) is 42.6 Å². The van der Waals surface area contributed by atoms with E-state index in [2.05, 4.69) is 41.5 Å². The lowest BCUT2D eigenvalue weighted by Gasteiger charge is -2.24. The Balaban J connectivity index is 1.65. The molecule has 2 atom stereocenters.